The van der Waals surface area contributed by atoms with E-state index in [1.165, 1.54) is 25.4 Å². The molecule has 5 aromatic heterocycles. The normalized spacial score (nSPS) is 12.9. The molecule has 0 atom stereocenters. The number of amides is 4. The fraction of sp³-hybridized carbons (Fsp3) is 0.286. The Kier molecular flexibility index (Phi) is 8.94. The van der Waals surface area contributed by atoms with Crippen molar-refractivity contribution < 1.29 is 23.9 Å². The van der Waals surface area contributed by atoms with Crippen molar-refractivity contribution >= 4 is 57.7 Å². The third-order valence-corrected chi connectivity index (χ3v) is 8.79. The molecule has 4 amide bonds. The average molecular weight is 720 g/mol. The third-order valence-electron chi connectivity index (χ3n) is 8.79. The lowest BCUT2D eigenvalue weighted by Gasteiger charge is -2.12. The van der Waals surface area contributed by atoms with Gasteiger partial charge in [-0.25, -0.2) is 15.0 Å². The fourth-order valence-electron chi connectivity index (χ4n) is 6.16. The molecule has 0 radical (unpaired) electrons. The molecule has 1 saturated carbocycles. The van der Waals surface area contributed by atoms with Crippen LogP contribution >= 0.6 is 0 Å². The maximum atomic E-state index is 13.7. The maximum absolute atomic E-state index is 13.7. The van der Waals surface area contributed by atoms with E-state index in [0.29, 0.717) is 51.6 Å². The van der Waals surface area contributed by atoms with Crippen molar-refractivity contribution in [1.29, 1.82) is 0 Å². The maximum Gasteiger partial charge on any atom is 0.276 e. The van der Waals surface area contributed by atoms with Gasteiger partial charge in [0.25, 0.3) is 11.8 Å². The smallest absolute Gasteiger partial charge is 0.276 e. The van der Waals surface area contributed by atoms with E-state index >= 15 is 0 Å². The Balaban J connectivity index is 1.23. The number of carbonyl (C=O) groups is 4. The summed E-state index contributed by atoms with van der Waals surface area (Å²) in [4.78, 5) is 64.8. The summed E-state index contributed by atoms with van der Waals surface area (Å²) in [6.07, 6.45) is 6.90. The molecule has 1 aliphatic carbocycles. The van der Waals surface area contributed by atoms with Gasteiger partial charge in [-0.2, -0.15) is 10.2 Å². The molecule has 5 heterocycles. The predicted octanol–water partition coefficient (Wildman–Crippen LogP) is 3.11. The van der Waals surface area contributed by atoms with E-state index in [9.17, 15) is 19.2 Å². The number of pyridine rings is 1. The van der Waals surface area contributed by atoms with Gasteiger partial charge in [0, 0.05) is 31.4 Å². The quantitative estimate of drug-likeness (QED) is 0.127. The molecule has 272 valence electrons. The van der Waals surface area contributed by atoms with Crippen molar-refractivity contribution in [2.24, 2.45) is 11.5 Å². The van der Waals surface area contributed by atoms with Gasteiger partial charge >= 0.3 is 0 Å². The molecule has 0 bridgehead atoms. The molecule has 53 heavy (non-hydrogen) atoms. The van der Waals surface area contributed by atoms with Gasteiger partial charge < -0.3 is 20.8 Å². The van der Waals surface area contributed by atoms with Crippen LogP contribution < -0.4 is 26.8 Å². The lowest BCUT2D eigenvalue weighted by atomic mass is 10.1. The van der Waals surface area contributed by atoms with Crippen LogP contribution in [0.1, 0.15) is 78.9 Å². The summed E-state index contributed by atoms with van der Waals surface area (Å²) in [7, 11) is 1.47. The molecule has 0 unspecified atom stereocenters. The third kappa shape index (κ3) is 6.68. The van der Waals surface area contributed by atoms with Crippen LogP contribution in [0, 0.1) is 13.8 Å². The van der Waals surface area contributed by atoms with Crippen molar-refractivity contribution in [3.63, 3.8) is 0 Å². The number of hydrogen-bond donors (Lipinski definition) is 4. The second-order valence-electron chi connectivity index (χ2n) is 12.6. The number of carbonyl (C=O) groups excluding carboxylic acids is 4. The number of hydrogen-bond acceptors (Lipinski definition) is 10. The summed E-state index contributed by atoms with van der Waals surface area (Å²) in [6.45, 7) is 6.40. The molecule has 6 N–H and O–H groups in total. The van der Waals surface area contributed by atoms with Gasteiger partial charge in [0.05, 0.1) is 35.6 Å². The summed E-state index contributed by atoms with van der Waals surface area (Å²) < 4.78 is 12.4. The first-order valence-electron chi connectivity index (χ1n) is 16.9. The molecule has 1 aromatic carbocycles. The number of aryl methyl sites for hydroxylation is 3. The highest BCUT2D eigenvalue weighted by Crippen LogP contribution is 2.36. The Morgan fingerprint density at radius 3 is 2.09 bits per heavy atom. The number of rotatable bonds is 13. The van der Waals surface area contributed by atoms with E-state index in [1.807, 2.05) is 26.0 Å². The number of benzene rings is 1. The molecule has 7 rings (SSSR count). The van der Waals surface area contributed by atoms with Gasteiger partial charge in [-0.1, -0.05) is 12.2 Å². The van der Waals surface area contributed by atoms with Crippen LogP contribution in [0.5, 0.6) is 5.75 Å². The zero-order valence-electron chi connectivity index (χ0n) is 29.5. The standard InChI is InChI=1S/C35H37N13O5/c1-5-47-25(12-18(2)43-47)32(51)41-35-40-24-15-21(30(37)50)17-38-31(24)46(35)11-7-6-10-45-28-23(14-20(29(36)49)16-27(28)53-4)39-34(45)42-33(52)26-13-19(3)44-48(26)22-8-9-22/h6-7,12-17,22H,5,8-11H2,1-4H3,(H2,36,49)(H2,37,50)(H,39,42,52)(H,40,41,51)/b7-6+. The van der Waals surface area contributed by atoms with E-state index in [2.05, 4.69) is 35.8 Å². The number of allylic oxidation sites excluding steroid dienone is 2. The van der Waals surface area contributed by atoms with Crippen LogP contribution in [0.15, 0.2) is 48.7 Å². The minimum Gasteiger partial charge on any atom is -0.494 e. The number of fused-ring (bicyclic) bond motifs is 2. The van der Waals surface area contributed by atoms with Crippen LogP contribution in [0.3, 0.4) is 0 Å². The molecule has 0 spiro atoms. The first-order chi connectivity index (χ1) is 25.4. The summed E-state index contributed by atoms with van der Waals surface area (Å²) in [5.74, 6) is -1.40. The summed E-state index contributed by atoms with van der Waals surface area (Å²) in [6, 6.07) is 8.16. The van der Waals surface area contributed by atoms with Gasteiger partial charge in [0.15, 0.2) is 5.65 Å². The largest absolute Gasteiger partial charge is 0.494 e. The molecule has 1 fully saturated rings. The van der Waals surface area contributed by atoms with Crippen molar-refractivity contribution in [3.05, 3.63) is 82.6 Å². The molecular weight excluding hydrogens is 682 g/mol. The first-order valence-corrected chi connectivity index (χ1v) is 16.9. The highest BCUT2D eigenvalue weighted by molar-refractivity contribution is 6.05. The average Bonchev–Trinajstić information content (AvgIpc) is 3.46. The second kappa shape index (κ2) is 13.7. The topological polar surface area (TPSA) is 238 Å². The van der Waals surface area contributed by atoms with E-state index in [1.54, 1.807) is 43.6 Å². The number of nitrogens with two attached hydrogens (primary N) is 2. The van der Waals surface area contributed by atoms with Gasteiger partial charge in [-0.15, -0.1) is 0 Å². The molecule has 0 saturated heterocycles. The Labute approximate surface area is 301 Å². The van der Waals surface area contributed by atoms with Crippen molar-refractivity contribution in [3.8, 4) is 5.75 Å². The van der Waals surface area contributed by atoms with E-state index in [4.69, 9.17) is 16.2 Å². The first kappa shape index (κ1) is 34.6. The number of nitrogens with one attached hydrogen (secondary N) is 2. The summed E-state index contributed by atoms with van der Waals surface area (Å²) in [5, 5.41) is 14.7. The Morgan fingerprint density at radius 2 is 1.43 bits per heavy atom. The van der Waals surface area contributed by atoms with Crippen LogP contribution in [-0.2, 0) is 19.6 Å². The zero-order valence-corrected chi connectivity index (χ0v) is 29.5. The molecule has 0 aliphatic heterocycles. The summed E-state index contributed by atoms with van der Waals surface area (Å²) >= 11 is 0. The van der Waals surface area contributed by atoms with E-state index in [-0.39, 0.29) is 42.2 Å². The molecule has 1 aliphatic rings. The highest BCUT2D eigenvalue weighted by atomic mass is 16.5. The number of imidazole rings is 2. The summed E-state index contributed by atoms with van der Waals surface area (Å²) in [5.41, 5.74) is 15.3. The van der Waals surface area contributed by atoms with Crippen molar-refractivity contribution in [2.75, 3.05) is 17.7 Å². The van der Waals surface area contributed by atoms with Gasteiger partial charge in [0.1, 0.15) is 28.2 Å². The Hall–Kier alpha value is -6.85. The Bertz CT molecular complexity index is 2480. The lowest BCUT2D eigenvalue weighted by Crippen LogP contribution is -2.20. The van der Waals surface area contributed by atoms with Crippen LogP contribution in [0.25, 0.3) is 22.2 Å². The number of anilines is 2. The van der Waals surface area contributed by atoms with Gasteiger partial charge in [-0.05, 0) is 63.9 Å². The number of nitrogens with zero attached hydrogens (tertiary/aromatic N) is 9. The van der Waals surface area contributed by atoms with E-state index < -0.39 is 23.6 Å². The van der Waals surface area contributed by atoms with Crippen LogP contribution in [-0.4, -0.2) is 74.4 Å². The fourth-order valence-corrected chi connectivity index (χ4v) is 6.16. The minimum atomic E-state index is -0.664. The van der Waals surface area contributed by atoms with Crippen LogP contribution in [0.2, 0.25) is 0 Å². The van der Waals surface area contributed by atoms with Crippen molar-refractivity contribution in [2.45, 2.75) is 59.3 Å². The zero-order chi connectivity index (χ0) is 37.6. The van der Waals surface area contributed by atoms with Crippen LogP contribution in [0.4, 0.5) is 11.9 Å². The Morgan fingerprint density at radius 1 is 0.830 bits per heavy atom. The molecule has 6 aromatic rings. The number of aromatic nitrogens is 9. The second-order valence-corrected chi connectivity index (χ2v) is 12.6. The number of primary amides is 2. The minimum absolute atomic E-state index is 0.167. The highest BCUT2D eigenvalue weighted by Gasteiger charge is 2.30. The molecule has 18 nitrogen and oxygen atoms in total. The van der Waals surface area contributed by atoms with Crippen molar-refractivity contribution in [1.82, 2.24) is 43.6 Å². The predicted molar refractivity (Wildman–Crippen MR) is 194 cm³/mol. The van der Waals surface area contributed by atoms with Gasteiger partial charge in [0.2, 0.25) is 23.7 Å². The number of methoxy groups -OCH3 is 1. The molecule has 18 heteroatoms. The number of ether oxygens (including phenoxy) is 1. The van der Waals surface area contributed by atoms with E-state index in [0.717, 1.165) is 18.5 Å². The monoisotopic (exact) mass is 719 g/mol. The molecular formula is C35H37N13O5. The lowest BCUT2D eigenvalue weighted by molar-refractivity contribution is 0.0991. The van der Waals surface area contributed by atoms with Gasteiger partial charge in [-0.3, -0.25) is 43.7 Å². The SMILES string of the molecule is CCn1nc(C)cc1C(=O)Nc1nc2cc(C(N)=O)cnc2n1C/C=C/Cn1c(NC(=O)c2cc(C)nn2C2CC2)nc2cc(C(N)=O)cc(OC)c21.